The van der Waals surface area contributed by atoms with Gasteiger partial charge in [-0.2, -0.15) is 0 Å². The van der Waals surface area contributed by atoms with Crippen molar-refractivity contribution < 1.29 is 9.53 Å². The van der Waals surface area contributed by atoms with Crippen LogP contribution in [0.1, 0.15) is 18.7 Å². The molecule has 0 N–H and O–H groups in total. The summed E-state index contributed by atoms with van der Waals surface area (Å²) in [4.78, 5) is 21.1. The van der Waals surface area contributed by atoms with E-state index in [9.17, 15) is 4.79 Å². The number of ether oxygens (including phenoxy) is 1. The Balaban J connectivity index is 1.91. The highest BCUT2D eigenvalue weighted by Crippen LogP contribution is 2.35. The van der Waals surface area contributed by atoms with Crippen LogP contribution in [-0.2, 0) is 4.79 Å². The molecule has 1 aromatic carbocycles. The van der Waals surface area contributed by atoms with Gasteiger partial charge >= 0.3 is 0 Å². The minimum Gasteiger partial charge on any atom is -0.497 e. The quantitative estimate of drug-likeness (QED) is 0.692. The molecule has 25 heavy (non-hydrogen) atoms. The molecule has 0 spiro atoms. The van der Waals surface area contributed by atoms with Crippen molar-refractivity contribution in [1.29, 1.82) is 0 Å². The average Bonchev–Trinajstić information content (AvgIpc) is 3.20. The van der Waals surface area contributed by atoms with Crippen molar-refractivity contribution in [2.75, 3.05) is 13.7 Å². The van der Waals surface area contributed by atoms with E-state index in [0.29, 0.717) is 12.5 Å². The lowest BCUT2D eigenvalue weighted by Gasteiger charge is -2.17. The largest absolute Gasteiger partial charge is 0.497 e. The van der Waals surface area contributed by atoms with E-state index >= 15 is 0 Å². The summed E-state index contributed by atoms with van der Waals surface area (Å²) >= 11 is 3.06. The second-order valence-electron chi connectivity index (χ2n) is 6.03. The number of amides is 1. The number of carbonyl (C=O) groups excluding carboxylic acids is 1. The zero-order valence-electron chi connectivity index (χ0n) is 14.4. The Bertz CT molecular complexity index is 793. The summed E-state index contributed by atoms with van der Waals surface area (Å²) in [6.45, 7) is 4.86. The van der Waals surface area contributed by atoms with E-state index in [-0.39, 0.29) is 5.91 Å². The molecule has 1 aliphatic heterocycles. The molecule has 1 aromatic heterocycles. The minimum absolute atomic E-state index is 0.0272. The molecule has 1 saturated heterocycles. The Morgan fingerprint density at radius 2 is 2.00 bits per heavy atom. The molecular formula is C19H20N2O2S2. The molecule has 6 heteroatoms. The van der Waals surface area contributed by atoms with Crippen LogP contribution < -0.4 is 4.74 Å². The van der Waals surface area contributed by atoms with Crippen LogP contribution in [0.3, 0.4) is 0 Å². The van der Waals surface area contributed by atoms with Gasteiger partial charge in [0, 0.05) is 11.4 Å². The highest BCUT2D eigenvalue weighted by Gasteiger charge is 2.33. The van der Waals surface area contributed by atoms with Gasteiger partial charge in [0.1, 0.15) is 5.75 Å². The van der Waals surface area contributed by atoms with E-state index in [2.05, 4.69) is 18.8 Å². The standard InChI is InChI=1S/C19H20N2O2S2/c1-13(2)12-21-18(22)17(11-16-5-4-10-24-16)25-19(21)20-14-6-8-15(23-3)9-7-14/h4-11,13H,12H2,1-3H3/b17-11-,20-19?. The number of carbonyl (C=O) groups is 1. The third-order valence-electron chi connectivity index (χ3n) is 3.55. The number of rotatable bonds is 5. The number of hydrogen-bond donors (Lipinski definition) is 0. The molecule has 1 fully saturated rings. The van der Waals surface area contributed by atoms with Crippen LogP contribution in [-0.4, -0.2) is 29.6 Å². The lowest BCUT2D eigenvalue weighted by molar-refractivity contribution is -0.122. The molecule has 0 unspecified atom stereocenters. The van der Waals surface area contributed by atoms with Crippen LogP contribution in [0, 0.1) is 5.92 Å². The first-order valence-corrected chi connectivity index (χ1v) is 9.74. The molecule has 3 rings (SSSR count). The molecule has 1 amide bonds. The minimum atomic E-state index is 0.0272. The molecule has 0 radical (unpaired) electrons. The van der Waals surface area contributed by atoms with Crippen LogP contribution >= 0.6 is 23.1 Å². The zero-order valence-corrected chi connectivity index (χ0v) is 16.1. The van der Waals surface area contributed by atoms with Gasteiger partial charge in [-0.1, -0.05) is 19.9 Å². The number of amidine groups is 1. The van der Waals surface area contributed by atoms with Crippen molar-refractivity contribution in [1.82, 2.24) is 4.90 Å². The Morgan fingerprint density at radius 3 is 2.60 bits per heavy atom. The molecule has 4 nitrogen and oxygen atoms in total. The molecule has 2 heterocycles. The van der Waals surface area contributed by atoms with Gasteiger partial charge in [-0.25, -0.2) is 4.99 Å². The maximum absolute atomic E-state index is 12.8. The fraction of sp³-hybridized carbons (Fsp3) is 0.263. The summed E-state index contributed by atoms with van der Waals surface area (Å²) in [6, 6.07) is 11.5. The molecule has 0 atom stereocenters. The monoisotopic (exact) mass is 372 g/mol. The van der Waals surface area contributed by atoms with Crippen molar-refractivity contribution in [2.24, 2.45) is 10.9 Å². The van der Waals surface area contributed by atoms with Gasteiger partial charge in [0.25, 0.3) is 5.91 Å². The van der Waals surface area contributed by atoms with Gasteiger partial charge < -0.3 is 4.74 Å². The summed E-state index contributed by atoms with van der Waals surface area (Å²) in [5.74, 6) is 1.18. The second kappa shape index (κ2) is 7.89. The molecule has 2 aromatic rings. The van der Waals surface area contributed by atoms with E-state index in [4.69, 9.17) is 4.74 Å². The topological polar surface area (TPSA) is 41.9 Å². The van der Waals surface area contributed by atoms with E-state index in [0.717, 1.165) is 26.4 Å². The number of thioether (sulfide) groups is 1. The Labute approximate surface area is 156 Å². The maximum Gasteiger partial charge on any atom is 0.266 e. The van der Waals surface area contributed by atoms with Gasteiger partial charge in [-0.15, -0.1) is 11.3 Å². The summed E-state index contributed by atoms with van der Waals surface area (Å²) in [6.07, 6.45) is 1.95. The third-order valence-corrected chi connectivity index (χ3v) is 5.38. The van der Waals surface area contributed by atoms with E-state index in [1.165, 1.54) is 11.8 Å². The Kier molecular flexibility index (Phi) is 5.60. The number of aliphatic imine (C=N–C) groups is 1. The Morgan fingerprint density at radius 1 is 1.24 bits per heavy atom. The number of methoxy groups -OCH3 is 1. The van der Waals surface area contributed by atoms with E-state index in [1.807, 2.05) is 47.9 Å². The average molecular weight is 373 g/mol. The summed E-state index contributed by atoms with van der Waals surface area (Å²) in [5.41, 5.74) is 0.808. The van der Waals surface area contributed by atoms with Crippen molar-refractivity contribution >= 4 is 45.9 Å². The van der Waals surface area contributed by atoms with Gasteiger partial charge in [0.05, 0.1) is 17.7 Å². The highest BCUT2D eigenvalue weighted by molar-refractivity contribution is 8.18. The predicted octanol–water partition coefficient (Wildman–Crippen LogP) is 5.02. The molecule has 0 bridgehead atoms. The first-order chi connectivity index (χ1) is 12.1. The van der Waals surface area contributed by atoms with E-state index in [1.54, 1.807) is 23.3 Å². The highest BCUT2D eigenvalue weighted by atomic mass is 32.2. The lowest BCUT2D eigenvalue weighted by atomic mass is 10.2. The van der Waals surface area contributed by atoms with Crippen molar-refractivity contribution in [3.63, 3.8) is 0 Å². The lowest BCUT2D eigenvalue weighted by Crippen LogP contribution is -2.32. The first kappa shape index (κ1) is 17.8. The molecule has 1 aliphatic rings. The predicted molar refractivity (Wildman–Crippen MR) is 107 cm³/mol. The zero-order chi connectivity index (χ0) is 17.8. The number of thiophene rings is 1. The van der Waals surface area contributed by atoms with E-state index < -0.39 is 0 Å². The molecule has 0 aliphatic carbocycles. The fourth-order valence-corrected chi connectivity index (χ4v) is 4.12. The van der Waals surface area contributed by atoms with Crippen molar-refractivity contribution in [3.8, 4) is 5.75 Å². The maximum atomic E-state index is 12.8. The molecule has 130 valence electrons. The van der Waals surface area contributed by atoms with Gasteiger partial charge in [-0.05, 0) is 59.5 Å². The smallest absolute Gasteiger partial charge is 0.266 e. The second-order valence-corrected chi connectivity index (χ2v) is 8.02. The van der Waals surface area contributed by atoms with Crippen LogP contribution in [0.25, 0.3) is 6.08 Å². The summed E-state index contributed by atoms with van der Waals surface area (Å²) in [7, 11) is 1.64. The van der Waals surface area contributed by atoms with Crippen molar-refractivity contribution in [3.05, 3.63) is 51.6 Å². The van der Waals surface area contributed by atoms with Crippen LogP contribution in [0.15, 0.2) is 51.7 Å². The third kappa shape index (κ3) is 4.32. The van der Waals surface area contributed by atoms with Gasteiger partial charge in [0.15, 0.2) is 5.17 Å². The first-order valence-electron chi connectivity index (χ1n) is 8.04. The SMILES string of the molecule is COc1ccc(N=C2S/C(=C\c3cccs3)C(=O)N2CC(C)C)cc1. The summed E-state index contributed by atoms with van der Waals surface area (Å²) in [5, 5.41) is 2.74. The van der Waals surface area contributed by atoms with Gasteiger partial charge in [-0.3, -0.25) is 9.69 Å². The van der Waals surface area contributed by atoms with Crippen LogP contribution in [0.4, 0.5) is 5.69 Å². The van der Waals surface area contributed by atoms with Gasteiger partial charge in [0.2, 0.25) is 0 Å². The van der Waals surface area contributed by atoms with Crippen LogP contribution in [0.2, 0.25) is 0 Å². The summed E-state index contributed by atoms with van der Waals surface area (Å²) < 4.78 is 5.18. The van der Waals surface area contributed by atoms with Crippen molar-refractivity contribution in [2.45, 2.75) is 13.8 Å². The molecular weight excluding hydrogens is 352 g/mol. The normalized spacial score (nSPS) is 17.9. The number of hydrogen-bond acceptors (Lipinski definition) is 5. The number of nitrogens with zero attached hydrogens (tertiary/aromatic N) is 2. The van der Waals surface area contributed by atoms with Crippen LogP contribution in [0.5, 0.6) is 5.75 Å². The fourth-order valence-electron chi connectivity index (χ4n) is 2.39. The number of benzene rings is 1. The molecule has 0 saturated carbocycles. The Hall–Kier alpha value is -2.05.